The molecule has 0 aliphatic carbocycles. The third-order valence-electron chi connectivity index (χ3n) is 8.08. The van der Waals surface area contributed by atoms with Crippen molar-refractivity contribution in [2.24, 2.45) is 4.99 Å². The molecule has 0 amide bonds. The number of ether oxygens (including phenoxy) is 3. The third kappa shape index (κ3) is 5.25. The van der Waals surface area contributed by atoms with Crippen LogP contribution in [0.2, 0.25) is 0 Å². The first-order valence-corrected chi connectivity index (χ1v) is 15.3. The number of methoxy groups -OCH3 is 2. The van der Waals surface area contributed by atoms with Crippen LogP contribution in [-0.4, -0.2) is 35.9 Å². The molecule has 2 aromatic heterocycles. The number of allylic oxidation sites excluding steroid dienone is 1. The molecule has 230 valence electrons. The lowest BCUT2D eigenvalue weighted by atomic mass is 9.95. The quantitative estimate of drug-likeness (QED) is 0.220. The van der Waals surface area contributed by atoms with Crippen LogP contribution in [0.5, 0.6) is 11.5 Å². The molecule has 45 heavy (non-hydrogen) atoms. The minimum absolute atomic E-state index is 0.176. The molecule has 6 rings (SSSR count). The Kier molecular flexibility index (Phi) is 8.16. The number of benzene rings is 3. The SMILES string of the molecule is CCOC(=O)C1=C(C)N=c2s/c(=C\c3c(C)n(Cc4ccccc4F)c4ccccc34)c(=O)n2[C@H]1c1ccc(OC)c(OC)c1. The van der Waals surface area contributed by atoms with Crippen LogP contribution in [0.15, 0.2) is 87.8 Å². The molecule has 1 atom stereocenters. The molecule has 0 radical (unpaired) electrons. The van der Waals surface area contributed by atoms with Crippen LogP contribution in [0.3, 0.4) is 0 Å². The number of halogens is 1. The highest BCUT2D eigenvalue weighted by molar-refractivity contribution is 7.07. The minimum atomic E-state index is -0.800. The van der Waals surface area contributed by atoms with Crippen LogP contribution in [0.25, 0.3) is 17.0 Å². The van der Waals surface area contributed by atoms with Gasteiger partial charge in [0.15, 0.2) is 16.3 Å². The van der Waals surface area contributed by atoms with Crippen molar-refractivity contribution in [3.05, 3.63) is 126 Å². The lowest BCUT2D eigenvalue weighted by Gasteiger charge is -2.25. The molecule has 0 saturated heterocycles. The van der Waals surface area contributed by atoms with Crippen molar-refractivity contribution in [1.29, 1.82) is 0 Å². The second-order valence-electron chi connectivity index (χ2n) is 10.6. The summed E-state index contributed by atoms with van der Waals surface area (Å²) in [6.45, 7) is 5.97. The number of rotatable bonds is 8. The van der Waals surface area contributed by atoms with Crippen LogP contribution in [0.4, 0.5) is 4.39 Å². The summed E-state index contributed by atoms with van der Waals surface area (Å²) in [6, 6.07) is 19.1. The largest absolute Gasteiger partial charge is 0.493 e. The van der Waals surface area contributed by atoms with Crippen molar-refractivity contribution in [3.63, 3.8) is 0 Å². The van der Waals surface area contributed by atoms with Crippen molar-refractivity contribution >= 4 is 34.3 Å². The molecule has 0 unspecified atom stereocenters. The van der Waals surface area contributed by atoms with E-state index in [1.54, 1.807) is 49.8 Å². The van der Waals surface area contributed by atoms with E-state index in [0.29, 0.717) is 44.2 Å². The van der Waals surface area contributed by atoms with Gasteiger partial charge < -0.3 is 18.8 Å². The number of carbonyl (C=O) groups is 1. The van der Waals surface area contributed by atoms with Gasteiger partial charge in [-0.3, -0.25) is 9.36 Å². The van der Waals surface area contributed by atoms with E-state index < -0.39 is 12.0 Å². The van der Waals surface area contributed by atoms with Gasteiger partial charge in [-0.15, -0.1) is 0 Å². The molecule has 0 saturated carbocycles. The Labute approximate surface area is 262 Å². The molecule has 0 N–H and O–H groups in total. The fourth-order valence-electron chi connectivity index (χ4n) is 5.90. The van der Waals surface area contributed by atoms with E-state index in [-0.39, 0.29) is 23.6 Å². The van der Waals surface area contributed by atoms with E-state index in [1.165, 1.54) is 24.5 Å². The molecule has 0 fully saturated rings. The number of aromatic nitrogens is 2. The second kappa shape index (κ2) is 12.2. The summed E-state index contributed by atoms with van der Waals surface area (Å²) in [5.74, 6) is 0.176. The van der Waals surface area contributed by atoms with Crippen molar-refractivity contribution in [2.45, 2.75) is 33.4 Å². The van der Waals surface area contributed by atoms with E-state index >= 15 is 0 Å². The number of hydrogen-bond acceptors (Lipinski definition) is 7. The maximum absolute atomic E-state index is 14.7. The Bertz CT molecular complexity index is 2180. The van der Waals surface area contributed by atoms with E-state index in [4.69, 9.17) is 19.2 Å². The average Bonchev–Trinajstić information content (AvgIpc) is 3.49. The number of hydrogen-bond donors (Lipinski definition) is 0. The Morgan fingerprint density at radius 1 is 1.02 bits per heavy atom. The lowest BCUT2D eigenvalue weighted by molar-refractivity contribution is -0.139. The van der Waals surface area contributed by atoms with Gasteiger partial charge in [0.25, 0.3) is 5.56 Å². The Hall–Kier alpha value is -4.96. The van der Waals surface area contributed by atoms with Crippen LogP contribution in [0.1, 0.15) is 42.3 Å². The van der Waals surface area contributed by atoms with Crippen molar-refractivity contribution in [3.8, 4) is 11.5 Å². The molecule has 10 heteroatoms. The van der Waals surface area contributed by atoms with Gasteiger partial charge >= 0.3 is 5.97 Å². The van der Waals surface area contributed by atoms with Gasteiger partial charge in [0, 0.05) is 27.7 Å². The van der Waals surface area contributed by atoms with E-state index in [0.717, 1.165) is 22.2 Å². The van der Waals surface area contributed by atoms with Gasteiger partial charge in [-0.1, -0.05) is 53.8 Å². The predicted molar refractivity (Wildman–Crippen MR) is 172 cm³/mol. The Morgan fingerprint density at radius 2 is 1.76 bits per heavy atom. The van der Waals surface area contributed by atoms with Gasteiger partial charge in [0.1, 0.15) is 5.82 Å². The fraction of sp³-hybridized carbons (Fsp3) is 0.229. The number of para-hydroxylation sites is 1. The molecule has 3 heterocycles. The Balaban J connectivity index is 1.56. The number of thiazole rings is 1. The molecule has 3 aromatic carbocycles. The van der Waals surface area contributed by atoms with Crippen molar-refractivity contribution in [1.82, 2.24) is 9.13 Å². The first kappa shape index (κ1) is 30.1. The van der Waals surface area contributed by atoms with Gasteiger partial charge in [-0.2, -0.15) is 0 Å². The molecule has 1 aliphatic heterocycles. The maximum Gasteiger partial charge on any atom is 0.338 e. The highest BCUT2D eigenvalue weighted by atomic mass is 32.1. The molecule has 5 aromatic rings. The molecule has 0 spiro atoms. The number of nitrogens with zero attached hydrogens (tertiary/aromatic N) is 3. The predicted octanol–water partition coefficient (Wildman–Crippen LogP) is 5.27. The third-order valence-corrected chi connectivity index (χ3v) is 9.06. The van der Waals surface area contributed by atoms with E-state index in [1.807, 2.05) is 49.4 Å². The summed E-state index contributed by atoms with van der Waals surface area (Å²) in [4.78, 5) is 32.8. The maximum atomic E-state index is 14.7. The monoisotopic (exact) mass is 625 g/mol. The summed E-state index contributed by atoms with van der Waals surface area (Å²) in [5.41, 5.74) is 4.36. The lowest BCUT2D eigenvalue weighted by Crippen LogP contribution is -2.40. The summed E-state index contributed by atoms with van der Waals surface area (Å²) < 4.78 is 35.1. The molecule has 1 aliphatic rings. The van der Waals surface area contributed by atoms with Gasteiger partial charge in [0.05, 0.1) is 49.2 Å². The smallest absolute Gasteiger partial charge is 0.338 e. The average molecular weight is 626 g/mol. The van der Waals surface area contributed by atoms with Gasteiger partial charge in [-0.05, 0) is 56.7 Å². The summed E-state index contributed by atoms with van der Waals surface area (Å²) in [5, 5.41) is 0.942. The molecular weight excluding hydrogens is 593 g/mol. The van der Waals surface area contributed by atoms with Crippen molar-refractivity contribution in [2.75, 3.05) is 20.8 Å². The second-order valence-corrected chi connectivity index (χ2v) is 11.6. The zero-order valence-corrected chi connectivity index (χ0v) is 26.4. The first-order chi connectivity index (χ1) is 21.8. The van der Waals surface area contributed by atoms with E-state index in [9.17, 15) is 14.0 Å². The summed E-state index contributed by atoms with van der Waals surface area (Å²) in [6.07, 6.45) is 1.87. The summed E-state index contributed by atoms with van der Waals surface area (Å²) >= 11 is 1.25. The Morgan fingerprint density at radius 3 is 2.49 bits per heavy atom. The molecule has 8 nitrogen and oxygen atoms in total. The van der Waals surface area contributed by atoms with E-state index in [2.05, 4.69) is 4.57 Å². The summed E-state index contributed by atoms with van der Waals surface area (Å²) in [7, 11) is 3.08. The number of esters is 1. The zero-order valence-electron chi connectivity index (χ0n) is 25.6. The molecular formula is C35H32FN3O5S. The first-order valence-electron chi connectivity index (χ1n) is 14.5. The topological polar surface area (TPSA) is 84.1 Å². The number of fused-ring (bicyclic) bond motifs is 2. The highest BCUT2D eigenvalue weighted by Crippen LogP contribution is 2.36. The minimum Gasteiger partial charge on any atom is -0.493 e. The zero-order chi connectivity index (χ0) is 31.8. The normalized spacial score (nSPS) is 14.8. The standard InChI is InChI=1S/C35H32FN3O5S/c1-6-44-34(41)31-20(2)37-35-39(32(31)22-15-16-28(42-4)29(17-22)43-5)33(40)30(45-35)18-25-21(3)38(27-14-10-8-12-24(25)27)19-23-11-7-9-13-26(23)36/h7-18,32H,6,19H2,1-5H3/b30-18-/t32-/m0/s1. The van der Waals surface area contributed by atoms with Crippen LogP contribution in [0, 0.1) is 12.7 Å². The van der Waals surface area contributed by atoms with Gasteiger partial charge in [-0.25, -0.2) is 14.2 Å². The number of carbonyl (C=O) groups excluding carboxylic acids is 1. The van der Waals surface area contributed by atoms with Crippen LogP contribution >= 0.6 is 11.3 Å². The molecule has 0 bridgehead atoms. The highest BCUT2D eigenvalue weighted by Gasteiger charge is 2.34. The fourth-order valence-corrected chi connectivity index (χ4v) is 6.93. The van der Waals surface area contributed by atoms with Gasteiger partial charge in [0.2, 0.25) is 0 Å². The van der Waals surface area contributed by atoms with Crippen molar-refractivity contribution < 1.29 is 23.4 Å². The van der Waals surface area contributed by atoms with Crippen LogP contribution < -0.4 is 24.4 Å². The van der Waals surface area contributed by atoms with Crippen LogP contribution in [-0.2, 0) is 16.1 Å².